The smallest absolute Gasteiger partial charge is 0.450 e. The van der Waals surface area contributed by atoms with Crippen molar-refractivity contribution in [2.24, 2.45) is 0 Å². The van der Waals surface area contributed by atoms with Gasteiger partial charge in [0.25, 0.3) is 0 Å². The van der Waals surface area contributed by atoms with Crippen molar-refractivity contribution in [3.8, 4) is 6.07 Å². The zero-order valence-corrected chi connectivity index (χ0v) is 14.9. The van der Waals surface area contributed by atoms with Crippen LogP contribution in [-0.2, 0) is 24.3 Å². The topological polar surface area (TPSA) is 63.7 Å². The van der Waals surface area contributed by atoms with Gasteiger partial charge in [0.05, 0.1) is 0 Å². The zero-order chi connectivity index (χ0) is 19.4. The molecule has 8 heteroatoms. The number of benzene rings is 1. The van der Waals surface area contributed by atoms with Crippen LogP contribution in [0, 0.1) is 18.3 Å². The van der Waals surface area contributed by atoms with Crippen molar-refractivity contribution in [1.29, 1.82) is 5.26 Å². The van der Waals surface area contributed by atoms with Gasteiger partial charge in [-0.15, -0.1) is 10.2 Å². The third-order valence-electron chi connectivity index (χ3n) is 4.43. The second-order valence-corrected chi connectivity index (χ2v) is 6.49. The lowest BCUT2D eigenvalue weighted by Crippen LogP contribution is -2.18. The molecule has 0 amide bonds. The van der Waals surface area contributed by atoms with Crippen molar-refractivity contribution in [1.82, 2.24) is 14.8 Å². The Morgan fingerprint density at radius 2 is 1.93 bits per heavy atom. The maximum atomic E-state index is 13.6. The van der Waals surface area contributed by atoms with Crippen LogP contribution in [0.1, 0.15) is 42.0 Å². The fourth-order valence-corrected chi connectivity index (χ4v) is 3.01. The van der Waals surface area contributed by atoms with Gasteiger partial charge in [-0.25, -0.2) is 0 Å². The van der Waals surface area contributed by atoms with E-state index in [0.717, 1.165) is 24.8 Å². The van der Waals surface area contributed by atoms with Gasteiger partial charge in [-0.05, 0) is 25.3 Å². The van der Waals surface area contributed by atoms with E-state index in [1.54, 1.807) is 34.9 Å². The van der Waals surface area contributed by atoms with E-state index in [9.17, 15) is 18.4 Å². The summed E-state index contributed by atoms with van der Waals surface area (Å²) in [4.78, 5) is 0. The molecule has 0 radical (unpaired) electrons. The average molecular weight is 376 g/mol. The predicted octanol–water partition coefficient (Wildman–Crippen LogP) is 4.33. The Morgan fingerprint density at radius 3 is 2.59 bits per heavy atom. The molecule has 0 saturated heterocycles. The standard InChI is InChI=1S/C19H19F3N4O/c1-13-6-8-14(9-7-13)12-27-17(19(20,21)22)15(11-23)18-25-24-16-5-3-2-4-10-26(16)18/h6-9H,2-5,10,12H2,1H3. The summed E-state index contributed by atoms with van der Waals surface area (Å²) in [7, 11) is 0. The Bertz CT molecular complexity index is 876. The van der Waals surface area contributed by atoms with E-state index >= 15 is 0 Å². The number of nitrogens with zero attached hydrogens (tertiary/aromatic N) is 4. The van der Waals surface area contributed by atoms with Gasteiger partial charge in [0.15, 0.2) is 5.82 Å². The van der Waals surface area contributed by atoms with Crippen molar-refractivity contribution in [2.75, 3.05) is 0 Å². The lowest BCUT2D eigenvalue weighted by Gasteiger charge is -2.16. The van der Waals surface area contributed by atoms with Crippen LogP contribution in [0.4, 0.5) is 13.2 Å². The second kappa shape index (κ2) is 7.82. The van der Waals surface area contributed by atoms with Gasteiger partial charge in [-0.2, -0.15) is 18.4 Å². The van der Waals surface area contributed by atoms with Crippen molar-refractivity contribution in [2.45, 2.75) is 51.9 Å². The van der Waals surface area contributed by atoms with E-state index in [4.69, 9.17) is 4.74 Å². The average Bonchev–Trinajstić information content (AvgIpc) is 2.86. The third-order valence-corrected chi connectivity index (χ3v) is 4.43. The Labute approximate surface area is 155 Å². The first kappa shape index (κ1) is 19.0. The molecule has 1 aliphatic rings. The fraction of sp³-hybridized carbons (Fsp3) is 0.421. The molecule has 27 heavy (non-hydrogen) atoms. The molecule has 0 spiro atoms. The van der Waals surface area contributed by atoms with Gasteiger partial charge in [-0.1, -0.05) is 36.2 Å². The molecule has 2 aromatic rings. The summed E-state index contributed by atoms with van der Waals surface area (Å²) in [6, 6.07) is 8.61. The van der Waals surface area contributed by atoms with Crippen LogP contribution in [0.2, 0.25) is 0 Å². The highest BCUT2D eigenvalue weighted by molar-refractivity contribution is 5.75. The monoisotopic (exact) mass is 376 g/mol. The predicted molar refractivity (Wildman–Crippen MR) is 92.1 cm³/mol. The summed E-state index contributed by atoms with van der Waals surface area (Å²) in [6.07, 6.45) is -1.50. The molecule has 1 aromatic heterocycles. The summed E-state index contributed by atoms with van der Waals surface area (Å²) >= 11 is 0. The van der Waals surface area contributed by atoms with Gasteiger partial charge in [0, 0.05) is 13.0 Å². The molecule has 0 saturated carbocycles. The van der Waals surface area contributed by atoms with Crippen LogP contribution in [-0.4, -0.2) is 20.9 Å². The molecule has 1 aromatic carbocycles. The minimum Gasteiger partial charge on any atom is -0.483 e. The highest BCUT2D eigenvalue weighted by atomic mass is 19.4. The Hall–Kier alpha value is -2.82. The zero-order valence-electron chi connectivity index (χ0n) is 14.9. The number of hydrogen-bond acceptors (Lipinski definition) is 4. The molecule has 0 aliphatic carbocycles. The van der Waals surface area contributed by atoms with E-state index in [1.807, 2.05) is 6.92 Å². The summed E-state index contributed by atoms with van der Waals surface area (Å²) in [5.41, 5.74) is 0.948. The van der Waals surface area contributed by atoms with E-state index in [-0.39, 0.29) is 12.4 Å². The number of nitriles is 1. The molecule has 0 atom stereocenters. The molecule has 2 heterocycles. The van der Waals surface area contributed by atoms with Crippen LogP contribution < -0.4 is 0 Å². The molecule has 0 bridgehead atoms. The molecule has 0 fully saturated rings. The number of alkyl halides is 3. The normalized spacial score (nSPS) is 15.4. The summed E-state index contributed by atoms with van der Waals surface area (Å²) in [5, 5.41) is 17.3. The Balaban J connectivity index is 1.98. The molecular formula is C19H19F3N4O. The third kappa shape index (κ3) is 4.30. The van der Waals surface area contributed by atoms with Crippen molar-refractivity contribution >= 4 is 5.57 Å². The fourth-order valence-electron chi connectivity index (χ4n) is 3.01. The number of fused-ring (bicyclic) bond motifs is 1. The summed E-state index contributed by atoms with van der Waals surface area (Å²) in [6.45, 7) is 2.09. The van der Waals surface area contributed by atoms with Crippen LogP contribution in [0.25, 0.3) is 5.57 Å². The summed E-state index contributed by atoms with van der Waals surface area (Å²) < 4.78 is 47.6. The highest BCUT2D eigenvalue weighted by Gasteiger charge is 2.41. The number of aromatic nitrogens is 3. The van der Waals surface area contributed by atoms with E-state index in [1.165, 1.54) is 0 Å². The van der Waals surface area contributed by atoms with E-state index in [2.05, 4.69) is 10.2 Å². The Kier molecular flexibility index (Phi) is 5.49. The minimum absolute atomic E-state index is 0.0781. The van der Waals surface area contributed by atoms with Gasteiger partial charge in [-0.3, -0.25) is 0 Å². The van der Waals surface area contributed by atoms with Gasteiger partial charge < -0.3 is 9.30 Å². The van der Waals surface area contributed by atoms with E-state index < -0.39 is 17.5 Å². The van der Waals surface area contributed by atoms with Crippen LogP contribution in [0.15, 0.2) is 30.0 Å². The number of aryl methyl sites for hydroxylation is 2. The quantitative estimate of drug-likeness (QED) is 0.589. The maximum Gasteiger partial charge on any atom is 0.450 e. The Morgan fingerprint density at radius 1 is 1.19 bits per heavy atom. The van der Waals surface area contributed by atoms with Crippen LogP contribution in [0.3, 0.4) is 0 Å². The SMILES string of the molecule is Cc1ccc(COC(=C(C#N)c2nnc3n2CCCCC3)C(F)(F)F)cc1. The lowest BCUT2D eigenvalue weighted by atomic mass is 10.1. The number of ether oxygens (including phenoxy) is 1. The number of rotatable bonds is 4. The molecule has 142 valence electrons. The number of hydrogen-bond donors (Lipinski definition) is 0. The van der Waals surface area contributed by atoms with Gasteiger partial charge in [0.2, 0.25) is 5.76 Å². The molecular weight excluding hydrogens is 357 g/mol. The molecule has 0 unspecified atom stereocenters. The van der Waals surface area contributed by atoms with Crippen LogP contribution >= 0.6 is 0 Å². The second-order valence-electron chi connectivity index (χ2n) is 6.49. The van der Waals surface area contributed by atoms with Crippen molar-refractivity contribution < 1.29 is 17.9 Å². The van der Waals surface area contributed by atoms with Crippen LogP contribution in [0.5, 0.6) is 0 Å². The number of allylic oxidation sites excluding steroid dienone is 2. The maximum absolute atomic E-state index is 13.6. The minimum atomic E-state index is -4.81. The van der Waals surface area contributed by atoms with Crippen molar-refractivity contribution in [3.05, 3.63) is 52.8 Å². The summed E-state index contributed by atoms with van der Waals surface area (Å²) in [5.74, 6) is -0.800. The molecule has 3 rings (SSSR count). The first-order valence-corrected chi connectivity index (χ1v) is 8.72. The first-order valence-electron chi connectivity index (χ1n) is 8.72. The molecule has 5 nitrogen and oxygen atoms in total. The van der Waals surface area contributed by atoms with Crippen molar-refractivity contribution in [3.63, 3.8) is 0 Å². The highest BCUT2D eigenvalue weighted by Crippen LogP contribution is 2.34. The van der Waals surface area contributed by atoms with E-state index in [0.29, 0.717) is 24.4 Å². The first-order chi connectivity index (χ1) is 12.9. The lowest BCUT2D eigenvalue weighted by molar-refractivity contribution is -0.131. The molecule has 0 N–H and O–H groups in total. The molecule has 1 aliphatic heterocycles. The largest absolute Gasteiger partial charge is 0.483 e. The number of halogens is 3. The van der Waals surface area contributed by atoms with Gasteiger partial charge in [0.1, 0.15) is 24.1 Å². The van der Waals surface area contributed by atoms with Gasteiger partial charge >= 0.3 is 6.18 Å².